The number of nitrogens with zero attached hydrogens (tertiary/aromatic N) is 2. The summed E-state index contributed by atoms with van der Waals surface area (Å²) in [6.07, 6.45) is 3.83. The van der Waals surface area contributed by atoms with E-state index in [1.54, 1.807) is 18.4 Å². The normalized spacial score (nSPS) is 11.4. The summed E-state index contributed by atoms with van der Waals surface area (Å²) < 4.78 is 5.67. The van der Waals surface area contributed by atoms with Gasteiger partial charge in [0.25, 0.3) is 0 Å². The maximum Gasteiger partial charge on any atom is 0.191 e. The Bertz CT molecular complexity index is 654. The molecule has 0 bridgehead atoms. The zero-order valence-corrected chi connectivity index (χ0v) is 15.4. The van der Waals surface area contributed by atoms with Gasteiger partial charge >= 0.3 is 0 Å². The fraction of sp³-hybridized carbons (Fsp3) is 0.444. The van der Waals surface area contributed by atoms with Gasteiger partial charge in [-0.3, -0.25) is 4.99 Å². The van der Waals surface area contributed by atoms with E-state index < -0.39 is 0 Å². The topological polar surface area (TPSA) is 58.5 Å². The maximum atomic E-state index is 5.67. The average Bonchev–Trinajstić information content (AvgIpc) is 3.02. The van der Waals surface area contributed by atoms with E-state index in [0.717, 1.165) is 42.7 Å². The first kappa shape index (κ1) is 18.3. The summed E-state index contributed by atoms with van der Waals surface area (Å²) >= 11 is 1.70. The lowest BCUT2D eigenvalue weighted by Gasteiger charge is -2.11. The maximum absolute atomic E-state index is 5.67. The van der Waals surface area contributed by atoms with Gasteiger partial charge in [-0.2, -0.15) is 0 Å². The minimum absolute atomic E-state index is 0.693. The first-order chi connectivity index (χ1) is 11.7. The fourth-order valence-electron chi connectivity index (χ4n) is 2.20. The molecule has 24 heavy (non-hydrogen) atoms. The van der Waals surface area contributed by atoms with Crippen LogP contribution in [0.2, 0.25) is 0 Å². The molecule has 0 unspecified atom stereocenters. The number of guanidine groups is 1. The lowest BCUT2D eigenvalue weighted by Crippen LogP contribution is -2.37. The number of thiazole rings is 1. The summed E-state index contributed by atoms with van der Waals surface area (Å²) in [7, 11) is 1.78. The second-order valence-electron chi connectivity index (χ2n) is 5.46. The second-order valence-corrected chi connectivity index (χ2v) is 6.78. The van der Waals surface area contributed by atoms with Crippen molar-refractivity contribution in [1.82, 2.24) is 15.6 Å². The summed E-state index contributed by atoms with van der Waals surface area (Å²) in [6, 6.07) is 8.27. The van der Waals surface area contributed by atoms with Crippen LogP contribution in [0.3, 0.4) is 0 Å². The summed E-state index contributed by atoms with van der Waals surface area (Å²) in [5.41, 5.74) is 1.25. The number of hydrogen-bond acceptors (Lipinski definition) is 4. The minimum Gasteiger partial charge on any atom is -0.494 e. The molecule has 1 heterocycles. The van der Waals surface area contributed by atoms with Crippen LogP contribution in [0.25, 0.3) is 0 Å². The van der Waals surface area contributed by atoms with Gasteiger partial charge in [-0.15, -0.1) is 11.3 Å². The number of rotatable bonds is 8. The molecule has 0 spiro atoms. The van der Waals surface area contributed by atoms with E-state index in [0.29, 0.717) is 6.54 Å². The number of aromatic nitrogens is 1. The standard InChI is InChI=1S/C18H26N4OS/c1-4-10-23-16-7-5-6-15(11-16)8-9-20-18(19-3)22-13-17-21-12-14(2)24-17/h5-7,11-12H,4,8-10,13H2,1-3H3,(H2,19,20,22). The summed E-state index contributed by atoms with van der Waals surface area (Å²) in [6.45, 7) is 6.44. The molecule has 2 rings (SSSR count). The Kier molecular flexibility index (Phi) is 7.55. The molecule has 2 aromatic rings. The van der Waals surface area contributed by atoms with Crippen molar-refractivity contribution in [1.29, 1.82) is 0 Å². The van der Waals surface area contributed by atoms with Crippen molar-refractivity contribution in [2.75, 3.05) is 20.2 Å². The van der Waals surface area contributed by atoms with Crippen LogP contribution >= 0.6 is 11.3 Å². The van der Waals surface area contributed by atoms with Crippen LogP contribution in [0.4, 0.5) is 0 Å². The van der Waals surface area contributed by atoms with E-state index in [-0.39, 0.29) is 0 Å². The number of hydrogen-bond donors (Lipinski definition) is 2. The Morgan fingerprint density at radius 3 is 2.92 bits per heavy atom. The molecule has 0 saturated heterocycles. The van der Waals surface area contributed by atoms with Gasteiger partial charge in [0.15, 0.2) is 5.96 Å². The highest BCUT2D eigenvalue weighted by Crippen LogP contribution is 2.14. The van der Waals surface area contributed by atoms with Crippen molar-refractivity contribution in [3.63, 3.8) is 0 Å². The van der Waals surface area contributed by atoms with Gasteiger partial charge in [0, 0.05) is 24.7 Å². The van der Waals surface area contributed by atoms with Gasteiger partial charge in [-0.1, -0.05) is 19.1 Å². The smallest absolute Gasteiger partial charge is 0.191 e. The highest BCUT2D eigenvalue weighted by molar-refractivity contribution is 7.11. The lowest BCUT2D eigenvalue weighted by molar-refractivity contribution is 0.317. The van der Waals surface area contributed by atoms with Crippen molar-refractivity contribution in [3.8, 4) is 5.75 Å². The summed E-state index contributed by atoms with van der Waals surface area (Å²) in [5.74, 6) is 1.73. The summed E-state index contributed by atoms with van der Waals surface area (Å²) in [5, 5.41) is 7.69. The monoisotopic (exact) mass is 346 g/mol. The van der Waals surface area contributed by atoms with E-state index in [4.69, 9.17) is 4.74 Å². The predicted molar refractivity (Wildman–Crippen MR) is 101 cm³/mol. The molecule has 0 aliphatic rings. The molecule has 2 N–H and O–H groups in total. The van der Waals surface area contributed by atoms with Crippen LogP contribution in [0, 0.1) is 6.92 Å². The van der Waals surface area contributed by atoms with E-state index >= 15 is 0 Å². The minimum atomic E-state index is 0.693. The number of aryl methyl sites for hydroxylation is 1. The van der Waals surface area contributed by atoms with Crippen LogP contribution in [-0.4, -0.2) is 31.1 Å². The Labute approximate surface area is 148 Å². The van der Waals surface area contributed by atoms with Gasteiger partial charge in [0.05, 0.1) is 13.2 Å². The SMILES string of the molecule is CCCOc1cccc(CCNC(=NC)NCc2ncc(C)s2)c1. The molecule has 0 aliphatic carbocycles. The molecule has 0 fully saturated rings. The predicted octanol–water partition coefficient (Wildman–Crippen LogP) is 3.15. The molecule has 5 nitrogen and oxygen atoms in total. The molecule has 130 valence electrons. The zero-order valence-electron chi connectivity index (χ0n) is 14.6. The molecule has 6 heteroatoms. The fourth-order valence-corrected chi connectivity index (χ4v) is 2.93. The number of nitrogens with one attached hydrogen (secondary N) is 2. The Morgan fingerprint density at radius 1 is 1.33 bits per heavy atom. The Balaban J connectivity index is 1.75. The van der Waals surface area contributed by atoms with Crippen molar-refractivity contribution in [2.24, 2.45) is 4.99 Å². The van der Waals surface area contributed by atoms with E-state index in [1.165, 1.54) is 10.4 Å². The van der Waals surface area contributed by atoms with Gasteiger partial charge in [0.1, 0.15) is 10.8 Å². The third-order valence-electron chi connectivity index (χ3n) is 3.38. The van der Waals surface area contributed by atoms with Crippen LogP contribution in [0.5, 0.6) is 5.75 Å². The molecule has 0 amide bonds. The van der Waals surface area contributed by atoms with E-state index in [2.05, 4.69) is 46.6 Å². The van der Waals surface area contributed by atoms with Gasteiger partial charge < -0.3 is 15.4 Å². The van der Waals surface area contributed by atoms with Crippen molar-refractivity contribution in [2.45, 2.75) is 33.2 Å². The van der Waals surface area contributed by atoms with Gasteiger partial charge in [-0.25, -0.2) is 4.98 Å². The van der Waals surface area contributed by atoms with Gasteiger partial charge in [-0.05, 0) is 37.5 Å². The molecule has 0 radical (unpaired) electrons. The van der Waals surface area contributed by atoms with E-state index in [1.807, 2.05) is 18.3 Å². The van der Waals surface area contributed by atoms with Crippen molar-refractivity contribution < 1.29 is 4.74 Å². The van der Waals surface area contributed by atoms with Crippen LogP contribution < -0.4 is 15.4 Å². The van der Waals surface area contributed by atoms with Crippen LogP contribution in [0.15, 0.2) is 35.5 Å². The quantitative estimate of drug-likeness (QED) is 0.569. The molecular weight excluding hydrogens is 320 g/mol. The highest BCUT2D eigenvalue weighted by Gasteiger charge is 2.02. The molecule has 1 aromatic carbocycles. The van der Waals surface area contributed by atoms with Crippen LogP contribution in [-0.2, 0) is 13.0 Å². The second kappa shape index (κ2) is 9.93. The first-order valence-electron chi connectivity index (χ1n) is 8.29. The van der Waals surface area contributed by atoms with Crippen LogP contribution in [0.1, 0.15) is 28.8 Å². The number of aliphatic imine (C=N–C) groups is 1. The van der Waals surface area contributed by atoms with E-state index in [9.17, 15) is 0 Å². The molecule has 0 atom stereocenters. The molecule has 1 aromatic heterocycles. The van der Waals surface area contributed by atoms with Crippen molar-refractivity contribution in [3.05, 3.63) is 45.9 Å². The van der Waals surface area contributed by atoms with Gasteiger partial charge in [0.2, 0.25) is 0 Å². The third kappa shape index (κ3) is 6.20. The molecule has 0 aliphatic heterocycles. The Hall–Kier alpha value is -2.08. The van der Waals surface area contributed by atoms with Crippen molar-refractivity contribution >= 4 is 17.3 Å². The highest BCUT2D eigenvalue weighted by atomic mass is 32.1. The number of ether oxygens (including phenoxy) is 1. The Morgan fingerprint density at radius 2 is 2.21 bits per heavy atom. The lowest BCUT2D eigenvalue weighted by atomic mass is 10.1. The molecular formula is C18H26N4OS. The average molecular weight is 346 g/mol. The zero-order chi connectivity index (χ0) is 17.2. The first-order valence-corrected chi connectivity index (χ1v) is 9.10. The number of benzene rings is 1. The largest absolute Gasteiger partial charge is 0.494 e. The summed E-state index contributed by atoms with van der Waals surface area (Å²) in [4.78, 5) is 9.81. The molecule has 0 saturated carbocycles. The third-order valence-corrected chi connectivity index (χ3v) is 4.29.